The van der Waals surface area contributed by atoms with Gasteiger partial charge in [-0.1, -0.05) is 20.3 Å². The number of rotatable bonds is 4. The Labute approximate surface area is 163 Å². The van der Waals surface area contributed by atoms with Gasteiger partial charge in [-0.25, -0.2) is 0 Å². The van der Waals surface area contributed by atoms with Crippen LogP contribution in [0.15, 0.2) is 18.5 Å². The average molecular weight is 371 g/mol. The van der Waals surface area contributed by atoms with E-state index in [-0.39, 0.29) is 12.0 Å². The Bertz CT molecular complexity index is 705. The van der Waals surface area contributed by atoms with Gasteiger partial charge in [-0.15, -0.1) is 0 Å². The highest BCUT2D eigenvalue weighted by Crippen LogP contribution is 2.44. The van der Waals surface area contributed by atoms with E-state index in [9.17, 15) is 9.90 Å². The highest BCUT2D eigenvalue weighted by Gasteiger charge is 2.47. The molecule has 4 nitrogen and oxygen atoms in total. The Morgan fingerprint density at radius 1 is 1.30 bits per heavy atom. The van der Waals surface area contributed by atoms with Crippen molar-refractivity contribution in [3.63, 3.8) is 0 Å². The van der Waals surface area contributed by atoms with Crippen molar-refractivity contribution in [1.82, 2.24) is 9.88 Å². The number of likely N-dealkylation sites (tertiary alicyclic amines) is 1. The molecule has 1 aromatic rings. The minimum absolute atomic E-state index is 0.125. The first kappa shape index (κ1) is 18.9. The van der Waals surface area contributed by atoms with E-state index in [1.54, 1.807) is 0 Å². The normalized spacial score (nSPS) is 37.0. The molecule has 0 bridgehead atoms. The number of pyridine rings is 1. The number of amides is 1. The van der Waals surface area contributed by atoms with Crippen LogP contribution in [0, 0.1) is 23.7 Å². The summed E-state index contributed by atoms with van der Waals surface area (Å²) in [6, 6.07) is 2.34. The molecule has 0 radical (unpaired) electrons. The molecule has 1 saturated heterocycles. The Hall–Kier alpha value is -1.42. The zero-order valence-electron chi connectivity index (χ0n) is 17.0. The Balaban J connectivity index is 1.50. The number of hydrogen-bond donors (Lipinski definition) is 1. The molecule has 1 aliphatic heterocycles. The van der Waals surface area contributed by atoms with Crippen molar-refractivity contribution in [3.8, 4) is 0 Å². The smallest absolute Gasteiger partial charge is 0.226 e. The molecule has 2 unspecified atom stereocenters. The predicted molar refractivity (Wildman–Crippen MR) is 106 cm³/mol. The Morgan fingerprint density at radius 3 is 2.85 bits per heavy atom. The monoisotopic (exact) mass is 370 g/mol. The number of carbonyl (C=O) groups excluding carboxylic acids is 1. The summed E-state index contributed by atoms with van der Waals surface area (Å²) in [6.45, 7) is 7.43. The summed E-state index contributed by atoms with van der Waals surface area (Å²) in [5, 5.41) is 11.0. The summed E-state index contributed by atoms with van der Waals surface area (Å²) in [4.78, 5) is 19.7. The van der Waals surface area contributed by atoms with E-state index in [0.717, 1.165) is 51.5 Å². The third-order valence-corrected chi connectivity index (χ3v) is 7.88. The van der Waals surface area contributed by atoms with E-state index >= 15 is 0 Å². The lowest BCUT2D eigenvalue weighted by molar-refractivity contribution is -0.135. The predicted octanol–water partition coefficient (Wildman–Crippen LogP) is 3.61. The van der Waals surface area contributed by atoms with Crippen LogP contribution in [0.1, 0.15) is 64.0 Å². The molecule has 1 N–H and O–H groups in total. The van der Waals surface area contributed by atoms with Crippen molar-refractivity contribution in [2.45, 2.75) is 77.4 Å². The SMILES string of the molecule is CCC1CC([C@@H](C)N2C[C@@H]3Cc4ccncc4C[C@@H]3C2=O)C[C@](O)(CC)C1. The molecule has 2 aliphatic carbocycles. The number of fused-ring (bicyclic) bond motifs is 2. The summed E-state index contributed by atoms with van der Waals surface area (Å²) in [7, 11) is 0. The highest BCUT2D eigenvalue weighted by atomic mass is 16.3. The van der Waals surface area contributed by atoms with E-state index in [1.165, 1.54) is 11.1 Å². The first-order valence-corrected chi connectivity index (χ1v) is 10.9. The molecule has 4 rings (SSSR count). The number of hydrogen-bond acceptors (Lipinski definition) is 3. The van der Waals surface area contributed by atoms with Crippen LogP contribution in [0.25, 0.3) is 0 Å². The minimum atomic E-state index is -0.546. The minimum Gasteiger partial charge on any atom is -0.390 e. The van der Waals surface area contributed by atoms with Crippen LogP contribution in [0.3, 0.4) is 0 Å². The second-order valence-electron chi connectivity index (χ2n) is 9.41. The molecule has 2 fully saturated rings. The van der Waals surface area contributed by atoms with Crippen LogP contribution in [0.4, 0.5) is 0 Å². The summed E-state index contributed by atoms with van der Waals surface area (Å²) < 4.78 is 0. The van der Waals surface area contributed by atoms with Crippen molar-refractivity contribution in [2.24, 2.45) is 23.7 Å². The first-order valence-electron chi connectivity index (χ1n) is 10.9. The van der Waals surface area contributed by atoms with E-state index in [0.29, 0.717) is 23.7 Å². The molecule has 1 saturated carbocycles. The van der Waals surface area contributed by atoms with Gasteiger partial charge in [0.05, 0.1) is 5.60 Å². The molecule has 1 aromatic heterocycles. The molecular weight excluding hydrogens is 336 g/mol. The average Bonchev–Trinajstić information content (AvgIpc) is 3.01. The summed E-state index contributed by atoms with van der Waals surface area (Å²) >= 11 is 0. The van der Waals surface area contributed by atoms with Crippen LogP contribution in [-0.4, -0.2) is 39.1 Å². The van der Waals surface area contributed by atoms with Crippen molar-refractivity contribution in [1.29, 1.82) is 0 Å². The highest BCUT2D eigenvalue weighted by molar-refractivity contribution is 5.82. The second-order valence-corrected chi connectivity index (χ2v) is 9.41. The van der Waals surface area contributed by atoms with Crippen molar-refractivity contribution in [2.75, 3.05) is 6.54 Å². The van der Waals surface area contributed by atoms with Crippen LogP contribution in [0.5, 0.6) is 0 Å². The van der Waals surface area contributed by atoms with Gasteiger partial charge in [-0.3, -0.25) is 9.78 Å². The van der Waals surface area contributed by atoms with Gasteiger partial charge < -0.3 is 10.0 Å². The van der Waals surface area contributed by atoms with Gasteiger partial charge in [-0.2, -0.15) is 0 Å². The van der Waals surface area contributed by atoms with Gasteiger partial charge >= 0.3 is 0 Å². The lowest BCUT2D eigenvalue weighted by Gasteiger charge is -2.44. The number of aliphatic hydroxyl groups is 1. The third kappa shape index (κ3) is 3.41. The summed E-state index contributed by atoms with van der Waals surface area (Å²) in [6.07, 6.45) is 10.5. The summed E-state index contributed by atoms with van der Waals surface area (Å²) in [5.41, 5.74) is 2.08. The zero-order valence-corrected chi connectivity index (χ0v) is 17.0. The Kier molecular flexibility index (Phi) is 5.04. The molecule has 4 heteroatoms. The fourth-order valence-electron chi connectivity index (χ4n) is 6.00. The maximum absolute atomic E-state index is 13.3. The number of nitrogens with zero attached hydrogens (tertiary/aromatic N) is 2. The molecule has 2 heterocycles. The Morgan fingerprint density at radius 2 is 2.11 bits per heavy atom. The first-order chi connectivity index (χ1) is 12.9. The van der Waals surface area contributed by atoms with Crippen LogP contribution < -0.4 is 0 Å². The fourth-order valence-corrected chi connectivity index (χ4v) is 6.00. The van der Waals surface area contributed by atoms with E-state index < -0.39 is 5.60 Å². The molecule has 3 aliphatic rings. The molecule has 0 aromatic carbocycles. The number of carbonyl (C=O) groups is 1. The molecule has 1 amide bonds. The van der Waals surface area contributed by atoms with Gasteiger partial charge in [0.15, 0.2) is 0 Å². The van der Waals surface area contributed by atoms with Gasteiger partial charge in [0.2, 0.25) is 5.91 Å². The molecule has 27 heavy (non-hydrogen) atoms. The molecule has 0 spiro atoms. The maximum atomic E-state index is 13.3. The van der Waals surface area contributed by atoms with E-state index in [2.05, 4.69) is 36.7 Å². The van der Waals surface area contributed by atoms with Crippen LogP contribution in [-0.2, 0) is 17.6 Å². The van der Waals surface area contributed by atoms with Gasteiger partial charge in [0.25, 0.3) is 0 Å². The topological polar surface area (TPSA) is 53.4 Å². The number of aromatic nitrogens is 1. The third-order valence-electron chi connectivity index (χ3n) is 7.88. The lowest BCUT2D eigenvalue weighted by atomic mass is 9.68. The van der Waals surface area contributed by atoms with Crippen molar-refractivity contribution < 1.29 is 9.90 Å². The molecule has 6 atom stereocenters. The van der Waals surface area contributed by atoms with Gasteiger partial charge in [0, 0.05) is 30.9 Å². The maximum Gasteiger partial charge on any atom is 0.226 e. The molecular formula is C23H34N2O2. The standard InChI is InChI=1S/C23H34N2O2/c1-4-16-8-18(12-23(27,5-2)11-16)15(3)25-14-20-9-17-6-7-24-13-19(17)10-21(20)22(25)26/h6-7,13,15-16,18,20-21,27H,4-5,8-12,14H2,1-3H3/t15-,16?,18?,20+,21+,23+/m1/s1. The lowest BCUT2D eigenvalue weighted by Crippen LogP contribution is -2.47. The van der Waals surface area contributed by atoms with Crippen LogP contribution >= 0.6 is 0 Å². The fraction of sp³-hybridized carbons (Fsp3) is 0.739. The second kappa shape index (κ2) is 7.20. The quantitative estimate of drug-likeness (QED) is 0.881. The van der Waals surface area contributed by atoms with Gasteiger partial charge in [0.1, 0.15) is 0 Å². The molecule has 148 valence electrons. The van der Waals surface area contributed by atoms with Crippen LogP contribution in [0.2, 0.25) is 0 Å². The van der Waals surface area contributed by atoms with E-state index in [4.69, 9.17) is 0 Å². The van der Waals surface area contributed by atoms with Gasteiger partial charge in [-0.05, 0) is 80.4 Å². The van der Waals surface area contributed by atoms with E-state index in [1.807, 2.05) is 12.4 Å². The van der Waals surface area contributed by atoms with Crippen molar-refractivity contribution >= 4 is 5.91 Å². The zero-order chi connectivity index (χ0) is 19.2. The summed E-state index contributed by atoms with van der Waals surface area (Å²) in [5.74, 6) is 1.87. The largest absolute Gasteiger partial charge is 0.390 e. The van der Waals surface area contributed by atoms with Crippen molar-refractivity contribution in [3.05, 3.63) is 29.6 Å².